The molecule has 0 aliphatic rings. The topological polar surface area (TPSA) is 47.0 Å². The Hall–Kier alpha value is -2.62. The lowest BCUT2D eigenvalue weighted by atomic mass is 10.2. The van der Waals surface area contributed by atoms with Crippen molar-refractivity contribution in [3.05, 3.63) is 60.3 Å². The molecule has 0 fully saturated rings. The number of benzene rings is 2. The molecule has 2 aromatic carbocycles. The minimum atomic E-state index is 0.701. The molecule has 0 saturated heterocycles. The van der Waals surface area contributed by atoms with Crippen molar-refractivity contribution in [2.75, 3.05) is 12.4 Å². The maximum absolute atomic E-state index is 5.15. The molecule has 0 aliphatic carbocycles. The predicted molar refractivity (Wildman–Crippen MR) is 79.9 cm³/mol. The molecular formula is C16H15N3O. The van der Waals surface area contributed by atoms with Gasteiger partial charge in [-0.2, -0.15) is 5.10 Å². The zero-order valence-electron chi connectivity index (χ0n) is 11.2. The maximum atomic E-state index is 5.15. The molecule has 3 aromatic rings. The SMILES string of the molecule is COc1ccc(CNc2nncc3ccccc23)cc1. The van der Waals surface area contributed by atoms with Gasteiger partial charge in [0.2, 0.25) is 0 Å². The van der Waals surface area contributed by atoms with E-state index < -0.39 is 0 Å². The molecule has 1 heterocycles. The van der Waals surface area contributed by atoms with Gasteiger partial charge < -0.3 is 10.1 Å². The zero-order valence-corrected chi connectivity index (χ0v) is 11.2. The van der Waals surface area contributed by atoms with Crippen molar-refractivity contribution in [1.82, 2.24) is 10.2 Å². The van der Waals surface area contributed by atoms with Gasteiger partial charge in [0, 0.05) is 17.3 Å². The summed E-state index contributed by atoms with van der Waals surface area (Å²) in [6.07, 6.45) is 1.77. The predicted octanol–water partition coefficient (Wildman–Crippen LogP) is 3.25. The van der Waals surface area contributed by atoms with Crippen LogP contribution in [0.25, 0.3) is 10.8 Å². The molecule has 0 bridgehead atoms. The van der Waals surface area contributed by atoms with Gasteiger partial charge in [-0.1, -0.05) is 36.4 Å². The molecule has 1 aromatic heterocycles. The van der Waals surface area contributed by atoms with E-state index in [4.69, 9.17) is 4.74 Å². The molecule has 0 radical (unpaired) electrons. The first kappa shape index (κ1) is 12.4. The van der Waals surface area contributed by atoms with Crippen LogP contribution >= 0.6 is 0 Å². The summed E-state index contributed by atoms with van der Waals surface area (Å²) >= 11 is 0. The molecule has 100 valence electrons. The first-order valence-electron chi connectivity index (χ1n) is 6.44. The van der Waals surface area contributed by atoms with Crippen LogP contribution in [0.1, 0.15) is 5.56 Å². The average molecular weight is 265 g/mol. The minimum absolute atomic E-state index is 0.701. The summed E-state index contributed by atoms with van der Waals surface area (Å²) in [7, 11) is 1.67. The van der Waals surface area contributed by atoms with Gasteiger partial charge in [0.25, 0.3) is 0 Å². The molecule has 4 heteroatoms. The third kappa shape index (κ3) is 2.54. The Kier molecular flexibility index (Phi) is 3.46. The van der Waals surface area contributed by atoms with Gasteiger partial charge in [0.05, 0.1) is 13.3 Å². The Morgan fingerprint density at radius 2 is 1.85 bits per heavy atom. The van der Waals surface area contributed by atoms with Gasteiger partial charge in [0.1, 0.15) is 5.75 Å². The number of hydrogen-bond acceptors (Lipinski definition) is 4. The molecular weight excluding hydrogens is 250 g/mol. The highest BCUT2D eigenvalue weighted by molar-refractivity contribution is 5.90. The van der Waals surface area contributed by atoms with Gasteiger partial charge in [-0.15, -0.1) is 5.10 Å². The highest BCUT2D eigenvalue weighted by atomic mass is 16.5. The van der Waals surface area contributed by atoms with Crippen LogP contribution in [0, 0.1) is 0 Å². The van der Waals surface area contributed by atoms with E-state index in [2.05, 4.69) is 15.5 Å². The van der Waals surface area contributed by atoms with Crippen molar-refractivity contribution in [2.24, 2.45) is 0 Å². The van der Waals surface area contributed by atoms with Gasteiger partial charge in [0.15, 0.2) is 5.82 Å². The van der Waals surface area contributed by atoms with E-state index >= 15 is 0 Å². The minimum Gasteiger partial charge on any atom is -0.497 e. The summed E-state index contributed by atoms with van der Waals surface area (Å²) in [6, 6.07) is 16.0. The molecule has 0 atom stereocenters. The highest BCUT2D eigenvalue weighted by Gasteiger charge is 2.02. The summed E-state index contributed by atoms with van der Waals surface area (Å²) in [6.45, 7) is 0.701. The van der Waals surface area contributed by atoms with E-state index in [-0.39, 0.29) is 0 Å². The first-order valence-corrected chi connectivity index (χ1v) is 6.44. The summed E-state index contributed by atoms with van der Waals surface area (Å²) in [5, 5.41) is 13.7. The Bertz CT molecular complexity index is 705. The molecule has 1 N–H and O–H groups in total. The normalized spacial score (nSPS) is 10.4. The van der Waals surface area contributed by atoms with Gasteiger partial charge >= 0.3 is 0 Å². The Morgan fingerprint density at radius 3 is 2.65 bits per heavy atom. The van der Waals surface area contributed by atoms with Gasteiger partial charge in [-0.25, -0.2) is 0 Å². The van der Waals surface area contributed by atoms with Crippen LogP contribution in [0.2, 0.25) is 0 Å². The summed E-state index contributed by atoms with van der Waals surface area (Å²) in [5.74, 6) is 1.66. The molecule has 0 aliphatic heterocycles. The van der Waals surface area contributed by atoms with E-state index in [0.29, 0.717) is 6.54 Å². The number of rotatable bonds is 4. The summed E-state index contributed by atoms with van der Waals surface area (Å²) in [4.78, 5) is 0. The van der Waals surface area contributed by atoms with Crippen molar-refractivity contribution in [3.63, 3.8) is 0 Å². The molecule has 4 nitrogen and oxygen atoms in total. The maximum Gasteiger partial charge on any atom is 0.156 e. The van der Waals surface area contributed by atoms with E-state index in [1.165, 1.54) is 5.56 Å². The first-order chi connectivity index (χ1) is 9.86. The van der Waals surface area contributed by atoms with Crippen LogP contribution < -0.4 is 10.1 Å². The monoisotopic (exact) mass is 265 g/mol. The quantitative estimate of drug-likeness (QED) is 0.786. The number of fused-ring (bicyclic) bond motifs is 1. The van der Waals surface area contributed by atoms with E-state index in [1.807, 2.05) is 48.5 Å². The fourth-order valence-electron chi connectivity index (χ4n) is 2.09. The Labute approximate surface area is 117 Å². The van der Waals surface area contributed by atoms with Crippen LogP contribution in [0.15, 0.2) is 54.7 Å². The highest BCUT2D eigenvalue weighted by Crippen LogP contribution is 2.20. The van der Waals surface area contributed by atoms with Crippen LogP contribution in [-0.2, 0) is 6.54 Å². The number of methoxy groups -OCH3 is 1. The molecule has 0 saturated carbocycles. The van der Waals surface area contributed by atoms with Crippen LogP contribution in [0.5, 0.6) is 5.75 Å². The lowest BCUT2D eigenvalue weighted by Crippen LogP contribution is -2.02. The number of hydrogen-bond donors (Lipinski definition) is 1. The van der Waals surface area contributed by atoms with Crippen molar-refractivity contribution in [2.45, 2.75) is 6.54 Å². The number of anilines is 1. The van der Waals surface area contributed by atoms with Crippen molar-refractivity contribution >= 4 is 16.6 Å². The van der Waals surface area contributed by atoms with Crippen molar-refractivity contribution < 1.29 is 4.74 Å². The lowest BCUT2D eigenvalue weighted by Gasteiger charge is -2.08. The Morgan fingerprint density at radius 1 is 1.05 bits per heavy atom. The van der Waals surface area contributed by atoms with Crippen molar-refractivity contribution in [1.29, 1.82) is 0 Å². The lowest BCUT2D eigenvalue weighted by molar-refractivity contribution is 0.414. The number of nitrogens with one attached hydrogen (secondary N) is 1. The van der Waals surface area contributed by atoms with Crippen LogP contribution in [-0.4, -0.2) is 17.3 Å². The summed E-state index contributed by atoms with van der Waals surface area (Å²) < 4.78 is 5.15. The van der Waals surface area contributed by atoms with Gasteiger partial charge in [-0.05, 0) is 17.7 Å². The van der Waals surface area contributed by atoms with E-state index in [1.54, 1.807) is 13.3 Å². The van der Waals surface area contributed by atoms with Crippen LogP contribution in [0.3, 0.4) is 0 Å². The second kappa shape index (κ2) is 5.57. The van der Waals surface area contributed by atoms with E-state index in [0.717, 1.165) is 22.3 Å². The number of ether oxygens (including phenoxy) is 1. The number of nitrogens with zero attached hydrogens (tertiary/aromatic N) is 2. The molecule has 20 heavy (non-hydrogen) atoms. The molecule has 0 spiro atoms. The second-order valence-corrected chi connectivity index (χ2v) is 4.48. The van der Waals surface area contributed by atoms with Crippen LogP contribution in [0.4, 0.5) is 5.82 Å². The summed E-state index contributed by atoms with van der Waals surface area (Å²) in [5.41, 5.74) is 1.17. The third-order valence-electron chi connectivity index (χ3n) is 3.19. The largest absolute Gasteiger partial charge is 0.497 e. The standard InChI is InChI=1S/C16H15N3O/c1-20-14-8-6-12(7-9-14)10-17-16-15-5-3-2-4-13(15)11-18-19-16/h2-9,11H,10H2,1H3,(H,17,19). The Balaban J connectivity index is 1.79. The smallest absolute Gasteiger partial charge is 0.156 e. The van der Waals surface area contributed by atoms with Gasteiger partial charge in [-0.3, -0.25) is 0 Å². The fourth-order valence-corrected chi connectivity index (χ4v) is 2.09. The van der Waals surface area contributed by atoms with Crippen molar-refractivity contribution in [3.8, 4) is 5.75 Å². The van der Waals surface area contributed by atoms with E-state index in [9.17, 15) is 0 Å². The molecule has 3 rings (SSSR count). The fraction of sp³-hybridized carbons (Fsp3) is 0.125. The third-order valence-corrected chi connectivity index (χ3v) is 3.19. The molecule has 0 amide bonds. The average Bonchev–Trinajstić information content (AvgIpc) is 2.53. The second-order valence-electron chi connectivity index (χ2n) is 4.48. The zero-order chi connectivity index (χ0) is 13.8. The molecule has 0 unspecified atom stereocenters. The number of aromatic nitrogens is 2.